The highest BCUT2D eigenvalue weighted by Crippen LogP contribution is 2.35. The van der Waals surface area contributed by atoms with E-state index in [0.717, 1.165) is 70.5 Å². The summed E-state index contributed by atoms with van der Waals surface area (Å²) < 4.78 is 11.3. The smallest absolute Gasteiger partial charge is 0.410 e. The number of benzene rings is 2. The van der Waals surface area contributed by atoms with E-state index in [2.05, 4.69) is 34.2 Å². The van der Waals surface area contributed by atoms with Crippen LogP contribution in [0.3, 0.4) is 0 Å². The molecule has 2 amide bonds. The van der Waals surface area contributed by atoms with Crippen molar-refractivity contribution in [2.75, 3.05) is 13.1 Å². The van der Waals surface area contributed by atoms with Gasteiger partial charge in [0.15, 0.2) is 0 Å². The lowest BCUT2D eigenvalue weighted by Gasteiger charge is -2.27. The molecule has 2 aromatic carbocycles. The van der Waals surface area contributed by atoms with Crippen molar-refractivity contribution in [3.8, 4) is 11.1 Å². The van der Waals surface area contributed by atoms with Crippen molar-refractivity contribution in [1.82, 2.24) is 29.7 Å². The van der Waals surface area contributed by atoms with Crippen molar-refractivity contribution in [2.45, 2.75) is 90.5 Å². The van der Waals surface area contributed by atoms with Crippen LogP contribution in [0.2, 0.25) is 0 Å². The fraction of sp³-hybridized carbons (Fsp3) is 0.500. The van der Waals surface area contributed by atoms with Gasteiger partial charge in [0.1, 0.15) is 22.9 Å². The molecule has 0 saturated carbocycles. The normalized spacial score (nSPS) is 19.7. The average molecular weight is 573 g/mol. The molecule has 0 radical (unpaired) electrons. The van der Waals surface area contributed by atoms with Gasteiger partial charge in [-0.15, -0.1) is 0 Å². The molecule has 2 unspecified atom stereocenters. The Morgan fingerprint density at radius 1 is 0.714 bits per heavy atom. The Bertz CT molecular complexity index is 1520. The molecule has 222 valence electrons. The second-order valence-electron chi connectivity index (χ2n) is 13.4. The summed E-state index contributed by atoms with van der Waals surface area (Å²) in [4.78, 5) is 45.8. The summed E-state index contributed by atoms with van der Waals surface area (Å²) in [7, 11) is 0. The molecule has 2 atom stereocenters. The summed E-state index contributed by atoms with van der Waals surface area (Å²) in [5, 5.41) is 0. The van der Waals surface area contributed by atoms with Crippen molar-refractivity contribution in [1.29, 1.82) is 0 Å². The zero-order valence-corrected chi connectivity index (χ0v) is 25.3. The third-order valence-electron chi connectivity index (χ3n) is 7.73. The van der Waals surface area contributed by atoms with E-state index in [1.165, 1.54) is 0 Å². The maximum atomic E-state index is 12.8. The molecule has 0 spiro atoms. The van der Waals surface area contributed by atoms with Gasteiger partial charge in [-0.25, -0.2) is 19.6 Å². The number of amides is 2. The number of aromatic amines is 2. The number of imidazole rings is 2. The molecule has 4 aromatic rings. The number of ether oxygens (including phenoxy) is 2. The number of aromatic nitrogens is 4. The predicted molar refractivity (Wildman–Crippen MR) is 161 cm³/mol. The molecule has 0 aliphatic carbocycles. The van der Waals surface area contributed by atoms with Gasteiger partial charge in [0, 0.05) is 13.1 Å². The van der Waals surface area contributed by atoms with Gasteiger partial charge in [-0.1, -0.05) is 12.1 Å². The number of hydrogen-bond donors (Lipinski definition) is 2. The summed E-state index contributed by atoms with van der Waals surface area (Å²) in [6.45, 7) is 12.6. The third kappa shape index (κ3) is 5.67. The minimum Gasteiger partial charge on any atom is -0.444 e. The highest BCUT2D eigenvalue weighted by atomic mass is 16.6. The van der Waals surface area contributed by atoms with Crippen molar-refractivity contribution in [3.63, 3.8) is 0 Å². The van der Waals surface area contributed by atoms with Gasteiger partial charge in [0.2, 0.25) is 0 Å². The molecule has 2 fully saturated rings. The minimum absolute atomic E-state index is 0.133. The Morgan fingerprint density at radius 2 is 1.12 bits per heavy atom. The highest BCUT2D eigenvalue weighted by Gasteiger charge is 2.36. The number of likely N-dealkylation sites (tertiary alicyclic amines) is 2. The maximum Gasteiger partial charge on any atom is 0.410 e. The van der Waals surface area contributed by atoms with Crippen LogP contribution in [0.25, 0.3) is 33.2 Å². The lowest BCUT2D eigenvalue weighted by Crippen LogP contribution is -2.36. The molecular formula is C32H40N6O4. The van der Waals surface area contributed by atoms with E-state index >= 15 is 0 Å². The number of H-pyrrole nitrogens is 2. The molecule has 2 aliphatic heterocycles. The number of carbonyl (C=O) groups is 2. The van der Waals surface area contributed by atoms with Gasteiger partial charge in [-0.3, -0.25) is 9.80 Å². The maximum absolute atomic E-state index is 12.8. The van der Waals surface area contributed by atoms with E-state index in [4.69, 9.17) is 19.4 Å². The Balaban J connectivity index is 1.24. The van der Waals surface area contributed by atoms with E-state index in [1.807, 2.05) is 53.7 Å². The number of carbonyl (C=O) groups excluding carboxylic acids is 2. The first-order chi connectivity index (χ1) is 19.8. The van der Waals surface area contributed by atoms with Crippen LogP contribution in [0.1, 0.15) is 91.0 Å². The van der Waals surface area contributed by atoms with Crippen LogP contribution in [0, 0.1) is 0 Å². The molecule has 2 N–H and O–H groups in total. The molecular weight excluding hydrogens is 532 g/mol. The van der Waals surface area contributed by atoms with Crippen LogP contribution in [0.15, 0.2) is 36.4 Å². The third-order valence-corrected chi connectivity index (χ3v) is 7.73. The van der Waals surface area contributed by atoms with Gasteiger partial charge in [0.05, 0.1) is 34.2 Å². The largest absolute Gasteiger partial charge is 0.444 e. The molecule has 2 saturated heterocycles. The van der Waals surface area contributed by atoms with Crippen LogP contribution < -0.4 is 0 Å². The number of hydrogen-bond acceptors (Lipinski definition) is 6. The Kier molecular flexibility index (Phi) is 6.90. The standard InChI is InChI=1S/C32H40N6O4/c1-31(2,3)41-29(39)37-15-7-9-25(37)27-33-21-13-11-19(17-23(21)35-27)20-12-14-22-24(18-20)36-28(34-22)26-10-8-16-38(26)30(40)42-32(4,5)6/h11-14,17-18,25-26H,7-10,15-16H2,1-6H3,(H,33,35)(H,34,36). The van der Waals surface area contributed by atoms with Crippen molar-refractivity contribution in [2.24, 2.45) is 0 Å². The molecule has 42 heavy (non-hydrogen) atoms. The molecule has 10 nitrogen and oxygen atoms in total. The lowest BCUT2D eigenvalue weighted by atomic mass is 10.0. The van der Waals surface area contributed by atoms with Crippen molar-refractivity contribution < 1.29 is 19.1 Å². The van der Waals surface area contributed by atoms with Crippen molar-refractivity contribution >= 4 is 34.3 Å². The van der Waals surface area contributed by atoms with Gasteiger partial charge < -0.3 is 19.4 Å². The zero-order valence-electron chi connectivity index (χ0n) is 25.3. The number of fused-ring (bicyclic) bond motifs is 2. The first kappa shape index (κ1) is 28.1. The SMILES string of the molecule is CC(C)(C)OC(=O)N1CCCC1c1nc2ccc(-c3ccc4nc(C5CCCN5C(=O)OC(C)(C)C)[nH]c4c3)cc2[nH]1. The number of nitrogens with zero attached hydrogens (tertiary/aromatic N) is 4. The van der Waals surface area contributed by atoms with E-state index in [-0.39, 0.29) is 24.3 Å². The molecule has 2 aliphatic rings. The zero-order chi connectivity index (χ0) is 29.8. The molecule has 4 heterocycles. The fourth-order valence-corrected chi connectivity index (χ4v) is 5.91. The fourth-order valence-electron chi connectivity index (χ4n) is 5.91. The summed E-state index contributed by atoms with van der Waals surface area (Å²) in [6, 6.07) is 12.1. The highest BCUT2D eigenvalue weighted by molar-refractivity contribution is 5.86. The average Bonchev–Trinajstić information content (AvgIpc) is 3.69. The summed E-state index contributed by atoms with van der Waals surface area (Å²) in [5.74, 6) is 1.57. The number of rotatable bonds is 3. The van der Waals surface area contributed by atoms with Gasteiger partial charge in [-0.2, -0.15) is 0 Å². The second kappa shape index (κ2) is 10.3. The van der Waals surface area contributed by atoms with Crippen LogP contribution >= 0.6 is 0 Å². The van der Waals surface area contributed by atoms with Crippen molar-refractivity contribution in [3.05, 3.63) is 48.0 Å². The monoisotopic (exact) mass is 572 g/mol. The van der Waals surface area contributed by atoms with Crippen LogP contribution in [0.5, 0.6) is 0 Å². The molecule has 2 aromatic heterocycles. The number of nitrogens with one attached hydrogen (secondary N) is 2. The Hall–Kier alpha value is -4.08. The first-order valence-electron chi connectivity index (χ1n) is 14.8. The molecule has 10 heteroatoms. The van der Waals surface area contributed by atoms with E-state index in [0.29, 0.717) is 13.1 Å². The summed E-state index contributed by atoms with van der Waals surface area (Å²) >= 11 is 0. The summed E-state index contributed by atoms with van der Waals surface area (Å²) in [6.07, 6.45) is 2.91. The Labute approximate surface area is 245 Å². The van der Waals surface area contributed by atoms with E-state index in [9.17, 15) is 9.59 Å². The summed E-state index contributed by atoms with van der Waals surface area (Å²) in [5.41, 5.74) is 4.56. The quantitative estimate of drug-likeness (QED) is 0.267. The van der Waals surface area contributed by atoms with Gasteiger partial charge >= 0.3 is 12.2 Å². The molecule has 6 rings (SSSR count). The van der Waals surface area contributed by atoms with Crippen LogP contribution in [0.4, 0.5) is 9.59 Å². The van der Waals surface area contributed by atoms with Crippen LogP contribution in [-0.4, -0.2) is 66.2 Å². The minimum atomic E-state index is -0.544. The second-order valence-corrected chi connectivity index (χ2v) is 13.4. The topological polar surface area (TPSA) is 116 Å². The van der Waals surface area contributed by atoms with Crippen LogP contribution in [-0.2, 0) is 9.47 Å². The van der Waals surface area contributed by atoms with E-state index < -0.39 is 11.2 Å². The predicted octanol–water partition coefficient (Wildman–Crippen LogP) is 7.25. The lowest BCUT2D eigenvalue weighted by molar-refractivity contribution is 0.0208. The Morgan fingerprint density at radius 3 is 1.50 bits per heavy atom. The van der Waals surface area contributed by atoms with Gasteiger partial charge in [-0.05, 0) is 103 Å². The van der Waals surface area contributed by atoms with Gasteiger partial charge in [0.25, 0.3) is 0 Å². The van der Waals surface area contributed by atoms with E-state index in [1.54, 1.807) is 9.80 Å². The first-order valence-corrected chi connectivity index (χ1v) is 14.8. The molecule has 0 bridgehead atoms.